The maximum absolute atomic E-state index is 10.2. The molecule has 0 aromatic carbocycles. The molecule has 6 heteroatoms. The van der Waals surface area contributed by atoms with Crippen molar-refractivity contribution >= 4 is 5.97 Å². The Hall–Kier alpha value is -0.630. The largest absolute Gasteiger partial charge is 1.00 e. The fourth-order valence-corrected chi connectivity index (χ4v) is 1.03. The van der Waals surface area contributed by atoms with Gasteiger partial charge in [0.2, 0.25) is 0 Å². The highest BCUT2D eigenvalue weighted by atomic mass is 127. The summed E-state index contributed by atoms with van der Waals surface area (Å²) in [5.74, 6) is -0.740. The highest BCUT2D eigenvalue weighted by Gasteiger charge is 1.98. The average molecular weight is 311 g/mol. The highest BCUT2D eigenvalue weighted by molar-refractivity contribution is 5.66. The van der Waals surface area contributed by atoms with E-state index in [4.69, 9.17) is 5.11 Å². The summed E-state index contributed by atoms with van der Waals surface area (Å²) in [6, 6.07) is 1.87. The Kier molecular flexibility index (Phi) is 7.40. The number of hydrogen-bond donors (Lipinski definition) is 2. The average Bonchev–Trinajstić information content (AvgIpc) is 2.55. The van der Waals surface area contributed by atoms with Gasteiger partial charge in [0.05, 0.1) is 26.1 Å². The van der Waals surface area contributed by atoms with Crippen LogP contribution in [0.25, 0.3) is 0 Å². The van der Waals surface area contributed by atoms with Crippen LogP contribution < -0.4 is 29.3 Å². The first-order valence-corrected chi connectivity index (χ1v) is 4.30. The van der Waals surface area contributed by atoms with E-state index in [-0.39, 0.29) is 30.4 Å². The molecule has 0 aliphatic carbocycles. The van der Waals surface area contributed by atoms with Gasteiger partial charge < -0.3 is 34.4 Å². The molecular weight excluding hydrogens is 297 g/mol. The summed E-state index contributed by atoms with van der Waals surface area (Å²) in [5, 5.41) is 14.4. The lowest BCUT2D eigenvalue weighted by Gasteiger charge is -1.99. The minimum atomic E-state index is -0.740. The van der Waals surface area contributed by atoms with Crippen molar-refractivity contribution in [2.45, 2.75) is 13.0 Å². The van der Waals surface area contributed by atoms with Gasteiger partial charge in [-0.25, -0.2) is 0 Å². The Balaban J connectivity index is 0.00000169. The normalized spacial score (nSPS) is 9.43. The van der Waals surface area contributed by atoms with Crippen LogP contribution in [0.3, 0.4) is 0 Å². The van der Waals surface area contributed by atoms with E-state index >= 15 is 0 Å². The molecule has 5 nitrogen and oxygen atoms in total. The van der Waals surface area contributed by atoms with Gasteiger partial charge in [0.25, 0.3) is 0 Å². The predicted octanol–water partition coefficient (Wildman–Crippen LogP) is -4.07. The predicted molar refractivity (Wildman–Crippen MR) is 46.1 cm³/mol. The third-order valence-electron chi connectivity index (χ3n) is 1.68. The van der Waals surface area contributed by atoms with Gasteiger partial charge in [-0.15, -0.1) is 0 Å². The monoisotopic (exact) mass is 311 g/mol. The number of aliphatic carboxylic acids is 1. The van der Waals surface area contributed by atoms with Crippen molar-refractivity contribution in [2.75, 3.05) is 13.1 Å². The number of carboxylic acids is 1. The maximum Gasteiger partial charge on any atom is 0.309 e. The van der Waals surface area contributed by atoms with Crippen LogP contribution in [0.15, 0.2) is 18.5 Å². The molecule has 1 heterocycles. The number of nitrogens with zero attached hydrogens (tertiary/aromatic N) is 2. The van der Waals surface area contributed by atoms with Gasteiger partial charge >= 0.3 is 5.97 Å². The number of carboxylic acid groups (broad SMARTS) is 1. The van der Waals surface area contributed by atoms with Crippen LogP contribution in [0.2, 0.25) is 0 Å². The van der Waals surface area contributed by atoms with Gasteiger partial charge in [0.1, 0.15) is 0 Å². The third kappa shape index (κ3) is 5.92. The van der Waals surface area contributed by atoms with Crippen molar-refractivity contribution < 1.29 is 39.2 Å². The van der Waals surface area contributed by atoms with Crippen LogP contribution in [-0.2, 0) is 11.3 Å². The molecule has 3 N–H and O–H groups in total. The van der Waals surface area contributed by atoms with Crippen LogP contribution in [0.1, 0.15) is 6.42 Å². The van der Waals surface area contributed by atoms with Crippen LogP contribution in [0.4, 0.5) is 0 Å². The zero-order chi connectivity index (χ0) is 9.52. The van der Waals surface area contributed by atoms with E-state index in [0.717, 1.165) is 13.1 Å². The smallest absolute Gasteiger partial charge is 0.309 e. The second-order valence-corrected chi connectivity index (χ2v) is 2.78. The molecule has 0 atom stereocenters. The molecular formula is C8H14IN3O2. The number of nitrogens with two attached hydrogens (primary N) is 1. The number of aromatic nitrogens is 2. The van der Waals surface area contributed by atoms with Crippen molar-refractivity contribution in [3.8, 4) is 0 Å². The van der Waals surface area contributed by atoms with E-state index < -0.39 is 5.97 Å². The quantitative estimate of drug-likeness (QED) is 0.415. The second-order valence-electron chi connectivity index (χ2n) is 2.78. The van der Waals surface area contributed by atoms with E-state index in [2.05, 4.69) is 5.10 Å². The lowest BCUT2D eigenvalue weighted by molar-refractivity contribution is -0.654. The van der Waals surface area contributed by atoms with Crippen LogP contribution in [0.5, 0.6) is 0 Å². The minimum absolute atomic E-state index is 0. The number of hydrogen-bond acceptors (Lipinski definition) is 2. The van der Waals surface area contributed by atoms with Gasteiger partial charge in [-0.1, -0.05) is 0 Å². The Bertz CT molecular complexity index is 251. The van der Waals surface area contributed by atoms with Crippen molar-refractivity contribution in [3.05, 3.63) is 18.5 Å². The molecule has 0 amide bonds. The van der Waals surface area contributed by atoms with Crippen molar-refractivity contribution in [2.24, 2.45) is 0 Å². The Morgan fingerprint density at radius 1 is 1.50 bits per heavy atom. The SMILES string of the molecule is O=C(O)CC[NH2+]CCn1cccn1.[I-]. The molecule has 1 aromatic rings. The first-order chi connectivity index (χ1) is 6.29. The number of rotatable bonds is 6. The summed E-state index contributed by atoms with van der Waals surface area (Å²) in [7, 11) is 0. The highest BCUT2D eigenvalue weighted by Crippen LogP contribution is 1.80. The maximum atomic E-state index is 10.2. The zero-order valence-corrected chi connectivity index (χ0v) is 9.92. The molecule has 1 aromatic heterocycles. The summed E-state index contributed by atoms with van der Waals surface area (Å²) in [4.78, 5) is 10.2. The second kappa shape index (κ2) is 7.74. The fraction of sp³-hybridized carbons (Fsp3) is 0.500. The lowest BCUT2D eigenvalue weighted by atomic mass is 10.4. The number of carbonyl (C=O) groups is 1. The van der Waals surface area contributed by atoms with E-state index in [1.807, 2.05) is 22.3 Å². The lowest BCUT2D eigenvalue weighted by Crippen LogP contribution is -3.00. The summed E-state index contributed by atoms with van der Waals surface area (Å²) >= 11 is 0. The Morgan fingerprint density at radius 3 is 2.86 bits per heavy atom. The summed E-state index contributed by atoms with van der Waals surface area (Å²) < 4.78 is 1.83. The van der Waals surface area contributed by atoms with E-state index in [0.29, 0.717) is 6.54 Å². The first-order valence-electron chi connectivity index (χ1n) is 4.30. The molecule has 0 saturated heterocycles. The standard InChI is InChI=1S/C8H13N3O2.HI/c12-8(13)2-4-9-5-7-11-6-1-3-10-11;/h1,3,6,9H,2,4-5,7H2,(H,12,13);1H. The topological polar surface area (TPSA) is 71.7 Å². The number of quaternary nitrogens is 1. The molecule has 0 unspecified atom stereocenters. The molecule has 0 fully saturated rings. The zero-order valence-electron chi connectivity index (χ0n) is 7.77. The molecule has 14 heavy (non-hydrogen) atoms. The Morgan fingerprint density at radius 2 is 2.29 bits per heavy atom. The van der Waals surface area contributed by atoms with Crippen molar-refractivity contribution in [3.63, 3.8) is 0 Å². The van der Waals surface area contributed by atoms with Crippen LogP contribution >= 0.6 is 0 Å². The molecule has 0 aliphatic heterocycles. The van der Waals surface area contributed by atoms with Crippen LogP contribution in [-0.4, -0.2) is 33.9 Å². The summed E-state index contributed by atoms with van der Waals surface area (Å²) in [5.41, 5.74) is 0. The van der Waals surface area contributed by atoms with Gasteiger partial charge in [0, 0.05) is 12.4 Å². The first kappa shape index (κ1) is 13.4. The van der Waals surface area contributed by atoms with Crippen molar-refractivity contribution in [1.29, 1.82) is 0 Å². The molecule has 0 bridgehead atoms. The van der Waals surface area contributed by atoms with Gasteiger partial charge in [0.15, 0.2) is 0 Å². The summed E-state index contributed by atoms with van der Waals surface area (Å²) in [6.45, 7) is 2.33. The molecule has 0 saturated carbocycles. The minimum Gasteiger partial charge on any atom is -1.00 e. The molecule has 0 aliphatic rings. The number of halogens is 1. The van der Waals surface area contributed by atoms with E-state index in [9.17, 15) is 4.79 Å². The third-order valence-corrected chi connectivity index (χ3v) is 1.68. The molecule has 0 radical (unpaired) electrons. The van der Waals surface area contributed by atoms with Gasteiger partial charge in [-0.05, 0) is 6.07 Å². The summed E-state index contributed by atoms with van der Waals surface area (Å²) in [6.07, 6.45) is 3.85. The molecule has 1 rings (SSSR count). The van der Waals surface area contributed by atoms with E-state index in [1.54, 1.807) is 6.20 Å². The van der Waals surface area contributed by atoms with Crippen LogP contribution in [0, 0.1) is 0 Å². The molecule has 80 valence electrons. The van der Waals surface area contributed by atoms with E-state index in [1.165, 1.54) is 0 Å². The van der Waals surface area contributed by atoms with Gasteiger partial charge in [-0.3, -0.25) is 9.48 Å². The Labute approximate surface area is 99.5 Å². The van der Waals surface area contributed by atoms with Crippen molar-refractivity contribution in [1.82, 2.24) is 9.78 Å². The fourth-order valence-electron chi connectivity index (χ4n) is 1.03. The molecule has 0 spiro atoms. The van der Waals surface area contributed by atoms with Gasteiger partial charge in [-0.2, -0.15) is 5.10 Å².